The van der Waals surface area contributed by atoms with Gasteiger partial charge in [0.2, 0.25) is 0 Å². The highest BCUT2D eigenvalue weighted by Gasteiger charge is 2.15. The second-order valence-corrected chi connectivity index (χ2v) is 6.25. The molecular weight excluding hydrogens is 310 g/mol. The summed E-state index contributed by atoms with van der Waals surface area (Å²) in [5.41, 5.74) is 1.11. The van der Waals surface area contributed by atoms with Crippen LogP contribution in [0.25, 0.3) is 0 Å². The van der Waals surface area contributed by atoms with Crippen molar-refractivity contribution in [2.75, 3.05) is 12.3 Å². The average Bonchev–Trinajstić information content (AvgIpc) is 3.08. The number of para-hydroxylation sites is 1. The number of hydrogen-bond donors (Lipinski definition) is 1. The van der Waals surface area contributed by atoms with E-state index in [0.29, 0.717) is 6.54 Å². The number of rotatable bonds is 9. The molecule has 5 heteroatoms. The van der Waals surface area contributed by atoms with Crippen LogP contribution >= 0.6 is 11.8 Å². The Balaban J connectivity index is 1.68. The Kier molecular flexibility index (Phi) is 7.07. The molecule has 0 aliphatic carbocycles. The molecule has 0 saturated heterocycles. The van der Waals surface area contributed by atoms with E-state index in [0.717, 1.165) is 35.0 Å². The third-order valence-electron chi connectivity index (χ3n) is 3.40. The minimum atomic E-state index is -0.502. The molecule has 1 aromatic heterocycles. The molecule has 0 fully saturated rings. The van der Waals surface area contributed by atoms with E-state index in [1.165, 1.54) is 0 Å². The molecule has 0 spiro atoms. The van der Waals surface area contributed by atoms with Crippen LogP contribution < -0.4 is 10.1 Å². The number of carbonyl (C=O) groups excluding carboxylic acids is 1. The molecule has 4 nitrogen and oxygen atoms in total. The molecule has 1 atom stereocenters. The van der Waals surface area contributed by atoms with Gasteiger partial charge in [0.25, 0.3) is 5.91 Å². The van der Waals surface area contributed by atoms with Gasteiger partial charge in [0, 0.05) is 12.3 Å². The van der Waals surface area contributed by atoms with Gasteiger partial charge in [-0.25, -0.2) is 0 Å². The first-order chi connectivity index (χ1) is 11.2. The maximum absolute atomic E-state index is 12.1. The van der Waals surface area contributed by atoms with Crippen molar-refractivity contribution in [1.82, 2.24) is 5.32 Å². The number of benzene rings is 1. The molecule has 1 N–H and O–H groups in total. The number of carbonyl (C=O) groups is 1. The first kappa shape index (κ1) is 17.5. The summed E-state index contributed by atoms with van der Waals surface area (Å²) in [6, 6.07) is 11.7. The van der Waals surface area contributed by atoms with Crippen molar-refractivity contribution in [3.63, 3.8) is 0 Å². The van der Waals surface area contributed by atoms with Gasteiger partial charge >= 0.3 is 0 Å². The molecule has 0 saturated carbocycles. The molecule has 124 valence electrons. The largest absolute Gasteiger partial charge is 0.481 e. The van der Waals surface area contributed by atoms with E-state index in [4.69, 9.17) is 9.15 Å². The fraction of sp³-hybridized carbons (Fsp3) is 0.389. The van der Waals surface area contributed by atoms with Crippen LogP contribution in [0.2, 0.25) is 0 Å². The molecule has 23 heavy (non-hydrogen) atoms. The second kappa shape index (κ2) is 9.30. The SMILES string of the molecule is CCc1ccccc1O[C@H](C)C(=O)NCCSCc1ccco1. The lowest BCUT2D eigenvalue weighted by molar-refractivity contribution is -0.127. The van der Waals surface area contributed by atoms with Crippen LogP contribution in [-0.4, -0.2) is 24.3 Å². The van der Waals surface area contributed by atoms with Gasteiger partial charge in [-0.05, 0) is 37.1 Å². The number of amides is 1. The number of hydrogen-bond acceptors (Lipinski definition) is 4. The molecule has 0 aliphatic rings. The Morgan fingerprint density at radius 2 is 2.13 bits per heavy atom. The first-order valence-corrected chi connectivity index (χ1v) is 8.98. The molecule has 2 aromatic rings. The van der Waals surface area contributed by atoms with E-state index in [-0.39, 0.29) is 5.91 Å². The maximum Gasteiger partial charge on any atom is 0.260 e. The van der Waals surface area contributed by atoms with Crippen molar-refractivity contribution in [2.24, 2.45) is 0 Å². The molecule has 1 aromatic carbocycles. The monoisotopic (exact) mass is 333 g/mol. The molecular formula is C18H23NO3S. The molecule has 0 radical (unpaired) electrons. The van der Waals surface area contributed by atoms with Gasteiger partial charge in [0.1, 0.15) is 11.5 Å². The summed E-state index contributed by atoms with van der Waals surface area (Å²) >= 11 is 1.73. The van der Waals surface area contributed by atoms with Crippen molar-refractivity contribution < 1.29 is 13.9 Å². The smallest absolute Gasteiger partial charge is 0.260 e. The Morgan fingerprint density at radius 1 is 1.30 bits per heavy atom. The fourth-order valence-corrected chi connectivity index (χ4v) is 2.87. The minimum absolute atomic E-state index is 0.0884. The predicted molar refractivity (Wildman–Crippen MR) is 93.8 cm³/mol. The summed E-state index contributed by atoms with van der Waals surface area (Å²) in [6.45, 7) is 4.47. The maximum atomic E-state index is 12.1. The number of thioether (sulfide) groups is 1. The highest BCUT2D eigenvalue weighted by Crippen LogP contribution is 2.19. The second-order valence-electron chi connectivity index (χ2n) is 5.14. The number of furan rings is 1. The van der Waals surface area contributed by atoms with Gasteiger partial charge in [-0.15, -0.1) is 0 Å². The van der Waals surface area contributed by atoms with Gasteiger partial charge < -0.3 is 14.5 Å². The Bertz CT molecular complexity index is 598. The van der Waals surface area contributed by atoms with Crippen molar-refractivity contribution in [2.45, 2.75) is 32.1 Å². The van der Waals surface area contributed by atoms with Crippen LogP contribution in [0.4, 0.5) is 0 Å². The van der Waals surface area contributed by atoms with E-state index in [1.807, 2.05) is 36.4 Å². The zero-order chi connectivity index (χ0) is 16.5. The first-order valence-electron chi connectivity index (χ1n) is 7.83. The molecule has 2 rings (SSSR count). The summed E-state index contributed by atoms with van der Waals surface area (Å²) in [4.78, 5) is 12.1. The Labute approximate surface area is 141 Å². The zero-order valence-electron chi connectivity index (χ0n) is 13.6. The van der Waals surface area contributed by atoms with Crippen molar-refractivity contribution >= 4 is 17.7 Å². The van der Waals surface area contributed by atoms with Crippen LogP contribution in [0.3, 0.4) is 0 Å². The van der Waals surface area contributed by atoms with Gasteiger partial charge in [0.15, 0.2) is 6.10 Å². The van der Waals surface area contributed by atoms with Gasteiger partial charge in [-0.1, -0.05) is 25.1 Å². The van der Waals surface area contributed by atoms with Crippen molar-refractivity contribution in [1.29, 1.82) is 0 Å². The van der Waals surface area contributed by atoms with Crippen LogP contribution in [0.5, 0.6) is 5.75 Å². The standard InChI is InChI=1S/C18H23NO3S/c1-3-15-7-4-5-9-17(15)22-14(2)18(20)19-10-12-23-13-16-8-6-11-21-16/h4-9,11,14H,3,10,12-13H2,1-2H3,(H,19,20)/t14-/m1/s1. The van der Waals surface area contributed by atoms with E-state index in [2.05, 4.69) is 12.2 Å². The third-order valence-corrected chi connectivity index (χ3v) is 4.38. The summed E-state index contributed by atoms with van der Waals surface area (Å²) in [6.07, 6.45) is 2.05. The van der Waals surface area contributed by atoms with E-state index < -0.39 is 6.10 Å². The molecule has 0 aliphatic heterocycles. The highest BCUT2D eigenvalue weighted by atomic mass is 32.2. The molecule has 1 heterocycles. The van der Waals surface area contributed by atoms with Gasteiger partial charge in [0.05, 0.1) is 12.0 Å². The van der Waals surface area contributed by atoms with E-state index >= 15 is 0 Å². The number of ether oxygens (including phenoxy) is 1. The Hall–Kier alpha value is -1.88. The number of nitrogens with one attached hydrogen (secondary N) is 1. The normalized spacial score (nSPS) is 11.9. The summed E-state index contributed by atoms with van der Waals surface area (Å²) in [5, 5.41) is 2.90. The summed E-state index contributed by atoms with van der Waals surface area (Å²) < 4.78 is 11.0. The van der Waals surface area contributed by atoms with Crippen LogP contribution in [-0.2, 0) is 17.0 Å². The topological polar surface area (TPSA) is 51.5 Å². The lowest BCUT2D eigenvalue weighted by Gasteiger charge is -2.16. The number of aryl methyl sites for hydroxylation is 1. The zero-order valence-corrected chi connectivity index (χ0v) is 14.4. The van der Waals surface area contributed by atoms with Crippen LogP contribution in [0.15, 0.2) is 47.1 Å². The fourth-order valence-electron chi connectivity index (χ4n) is 2.11. The third kappa shape index (κ3) is 5.67. The summed E-state index contributed by atoms with van der Waals surface area (Å²) in [5.74, 6) is 3.30. The predicted octanol–water partition coefficient (Wildman–Crippen LogP) is 3.66. The van der Waals surface area contributed by atoms with E-state index in [9.17, 15) is 4.79 Å². The molecule has 0 unspecified atom stereocenters. The van der Waals surface area contributed by atoms with Crippen molar-refractivity contribution in [3.8, 4) is 5.75 Å². The quantitative estimate of drug-likeness (QED) is 0.712. The van der Waals surface area contributed by atoms with Gasteiger partial charge in [-0.3, -0.25) is 4.79 Å². The van der Waals surface area contributed by atoms with Gasteiger partial charge in [-0.2, -0.15) is 11.8 Å². The lowest BCUT2D eigenvalue weighted by Crippen LogP contribution is -2.37. The average molecular weight is 333 g/mol. The van der Waals surface area contributed by atoms with Crippen LogP contribution in [0, 0.1) is 0 Å². The van der Waals surface area contributed by atoms with Crippen LogP contribution in [0.1, 0.15) is 25.2 Å². The minimum Gasteiger partial charge on any atom is -0.481 e. The summed E-state index contributed by atoms with van der Waals surface area (Å²) in [7, 11) is 0. The lowest BCUT2D eigenvalue weighted by atomic mass is 10.1. The van der Waals surface area contributed by atoms with E-state index in [1.54, 1.807) is 24.9 Å². The molecule has 0 bridgehead atoms. The highest BCUT2D eigenvalue weighted by molar-refractivity contribution is 7.98. The van der Waals surface area contributed by atoms with Crippen molar-refractivity contribution in [3.05, 3.63) is 54.0 Å². The molecule has 1 amide bonds. The Morgan fingerprint density at radius 3 is 2.87 bits per heavy atom.